The molecule has 5 nitrogen and oxygen atoms in total. The van der Waals surface area contributed by atoms with Gasteiger partial charge in [0.05, 0.1) is 22.3 Å². The van der Waals surface area contributed by atoms with E-state index in [1.165, 1.54) is 0 Å². The number of thiocarbonyl (C=S) groups is 1. The number of carbonyl (C=O) groups is 1. The Morgan fingerprint density at radius 1 is 1.67 bits per heavy atom. The number of hydrogen-bond donors (Lipinski definition) is 1. The number of carbonyl (C=O) groups excluding carboxylic acids is 1. The summed E-state index contributed by atoms with van der Waals surface area (Å²) < 4.78 is 1.68. The molecule has 6 heteroatoms. The fourth-order valence-corrected chi connectivity index (χ4v) is 2.68. The number of amides is 1. The van der Waals surface area contributed by atoms with Crippen LogP contribution >= 0.6 is 12.2 Å². The van der Waals surface area contributed by atoms with Gasteiger partial charge in [-0.3, -0.25) is 9.48 Å². The molecule has 1 aliphatic rings. The van der Waals surface area contributed by atoms with Crippen LogP contribution in [0.3, 0.4) is 0 Å². The highest BCUT2D eigenvalue weighted by Gasteiger charge is 2.32. The number of hydrogen-bond acceptors (Lipinski definition) is 3. The average Bonchev–Trinajstić information content (AvgIpc) is 2.93. The van der Waals surface area contributed by atoms with Crippen LogP contribution in [0.25, 0.3) is 0 Å². The molecule has 0 radical (unpaired) electrons. The molecule has 1 aliphatic heterocycles. The minimum Gasteiger partial charge on any atom is -0.392 e. The van der Waals surface area contributed by atoms with Crippen molar-refractivity contribution in [1.29, 1.82) is 0 Å². The third kappa shape index (κ3) is 2.25. The van der Waals surface area contributed by atoms with Crippen molar-refractivity contribution in [2.45, 2.75) is 32.2 Å². The lowest BCUT2D eigenvalue weighted by atomic mass is 10.1. The van der Waals surface area contributed by atoms with E-state index in [2.05, 4.69) is 5.10 Å². The quantitative estimate of drug-likeness (QED) is 0.825. The topological polar surface area (TPSA) is 64.2 Å². The molecule has 1 atom stereocenters. The van der Waals surface area contributed by atoms with Gasteiger partial charge in [-0.1, -0.05) is 19.1 Å². The smallest absolute Gasteiger partial charge is 0.257 e. The maximum absolute atomic E-state index is 12.5. The van der Waals surface area contributed by atoms with Crippen molar-refractivity contribution in [2.75, 3.05) is 6.54 Å². The first-order valence-corrected chi connectivity index (χ1v) is 6.58. The molecule has 2 N–H and O–H groups in total. The van der Waals surface area contributed by atoms with E-state index in [4.69, 9.17) is 18.0 Å². The van der Waals surface area contributed by atoms with Crippen LogP contribution in [-0.4, -0.2) is 38.2 Å². The number of rotatable bonds is 3. The maximum Gasteiger partial charge on any atom is 0.257 e. The lowest BCUT2D eigenvalue weighted by Crippen LogP contribution is -2.43. The van der Waals surface area contributed by atoms with Crippen molar-refractivity contribution >= 4 is 23.1 Å². The first-order valence-electron chi connectivity index (χ1n) is 6.17. The first-order chi connectivity index (χ1) is 8.54. The van der Waals surface area contributed by atoms with E-state index in [9.17, 15) is 4.79 Å². The summed E-state index contributed by atoms with van der Waals surface area (Å²) in [7, 11) is 1.82. The van der Waals surface area contributed by atoms with Crippen molar-refractivity contribution in [3.05, 3.63) is 17.5 Å². The highest BCUT2D eigenvalue weighted by Crippen LogP contribution is 2.21. The second kappa shape index (κ2) is 5.06. The van der Waals surface area contributed by atoms with E-state index in [0.29, 0.717) is 10.6 Å². The van der Waals surface area contributed by atoms with Gasteiger partial charge in [-0.25, -0.2) is 0 Å². The van der Waals surface area contributed by atoms with Gasteiger partial charge in [0.25, 0.3) is 5.91 Å². The highest BCUT2D eigenvalue weighted by molar-refractivity contribution is 7.80. The van der Waals surface area contributed by atoms with Gasteiger partial charge in [0.1, 0.15) is 0 Å². The third-order valence-corrected chi connectivity index (χ3v) is 3.58. The number of likely N-dealkylation sites (tertiary alicyclic amines) is 1. The molecule has 1 fully saturated rings. The SMILES string of the molecule is CCc1nn(C)cc1C(=O)N1CCCC1C(N)=S. The maximum atomic E-state index is 12.5. The van der Waals surface area contributed by atoms with Crippen molar-refractivity contribution in [2.24, 2.45) is 12.8 Å². The van der Waals surface area contributed by atoms with Gasteiger partial charge in [-0.2, -0.15) is 5.10 Å². The summed E-state index contributed by atoms with van der Waals surface area (Å²) in [6.45, 7) is 2.72. The number of aryl methyl sites for hydroxylation is 2. The Morgan fingerprint density at radius 2 is 2.39 bits per heavy atom. The lowest BCUT2D eigenvalue weighted by Gasteiger charge is -2.23. The monoisotopic (exact) mass is 266 g/mol. The Kier molecular flexibility index (Phi) is 3.65. The molecule has 0 spiro atoms. The van der Waals surface area contributed by atoms with Crippen LogP contribution in [0.5, 0.6) is 0 Å². The minimum atomic E-state index is -0.0996. The average molecular weight is 266 g/mol. The zero-order valence-electron chi connectivity index (χ0n) is 10.7. The van der Waals surface area contributed by atoms with E-state index in [0.717, 1.165) is 31.5 Å². The summed E-state index contributed by atoms with van der Waals surface area (Å²) in [4.78, 5) is 14.7. The molecule has 0 aromatic carbocycles. The molecule has 18 heavy (non-hydrogen) atoms. The Hall–Kier alpha value is -1.43. The van der Waals surface area contributed by atoms with Gasteiger partial charge < -0.3 is 10.6 Å². The second-order valence-electron chi connectivity index (χ2n) is 4.58. The normalized spacial score (nSPS) is 19.2. The summed E-state index contributed by atoms with van der Waals surface area (Å²) in [5, 5.41) is 4.30. The first kappa shape index (κ1) is 13.0. The van der Waals surface area contributed by atoms with Gasteiger partial charge in [-0.05, 0) is 19.3 Å². The van der Waals surface area contributed by atoms with E-state index < -0.39 is 0 Å². The van der Waals surface area contributed by atoms with E-state index in [-0.39, 0.29) is 11.9 Å². The molecule has 1 unspecified atom stereocenters. The Balaban J connectivity index is 2.27. The molecule has 1 aromatic rings. The summed E-state index contributed by atoms with van der Waals surface area (Å²) >= 11 is 5.03. The molecule has 1 aromatic heterocycles. The molecule has 0 saturated carbocycles. The standard InChI is InChI=1S/C12H18N4OS/c1-3-9-8(7-15(2)14-9)12(17)16-6-4-5-10(16)11(13)18/h7,10H,3-6H2,1-2H3,(H2,13,18). The van der Waals surface area contributed by atoms with Crippen LogP contribution in [-0.2, 0) is 13.5 Å². The van der Waals surface area contributed by atoms with Crippen LogP contribution in [0, 0.1) is 0 Å². The molecular weight excluding hydrogens is 248 g/mol. The molecule has 0 bridgehead atoms. The zero-order valence-corrected chi connectivity index (χ0v) is 11.5. The highest BCUT2D eigenvalue weighted by atomic mass is 32.1. The molecule has 98 valence electrons. The molecule has 1 saturated heterocycles. The van der Waals surface area contributed by atoms with Crippen LogP contribution in [0.2, 0.25) is 0 Å². The lowest BCUT2D eigenvalue weighted by molar-refractivity contribution is 0.0769. The second-order valence-corrected chi connectivity index (χ2v) is 5.05. The van der Waals surface area contributed by atoms with E-state index >= 15 is 0 Å². The fourth-order valence-electron chi connectivity index (χ4n) is 2.43. The van der Waals surface area contributed by atoms with Crippen LogP contribution in [0.4, 0.5) is 0 Å². The summed E-state index contributed by atoms with van der Waals surface area (Å²) in [6, 6.07) is -0.0996. The molecule has 2 heterocycles. The summed E-state index contributed by atoms with van der Waals surface area (Å²) in [5.74, 6) is -0.00440. The van der Waals surface area contributed by atoms with Gasteiger partial charge in [0.15, 0.2) is 0 Å². The van der Waals surface area contributed by atoms with Crippen molar-refractivity contribution < 1.29 is 4.79 Å². The predicted octanol–water partition coefficient (Wildman–Crippen LogP) is 0.873. The number of nitrogens with zero attached hydrogens (tertiary/aromatic N) is 3. The molecule has 1 amide bonds. The van der Waals surface area contributed by atoms with Crippen molar-refractivity contribution in [3.63, 3.8) is 0 Å². The zero-order chi connectivity index (χ0) is 13.3. The van der Waals surface area contributed by atoms with Crippen LogP contribution in [0.1, 0.15) is 35.8 Å². The van der Waals surface area contributed by atoms with Gasteiger partial charge >= 0.3 is 0 Å². The predicted molar refractivity (Wildman–Crippen MR) is 73.4 cm³/mol. The number of aromatic nitrogens is 2. The summed E-state index contributed by atoms with van der Waals surface area (Å²) in [6.07, 6.45) is 4.34. The van der Waals surface area contributed by atoms with Gasteiger partial charge in [0.2, 0.25) is 0 Å². The van der Waals surface area contributed by atoms with Crippen molar-refractivity contribution in [3.8, 4) is 0 Å². The largest absolute Gasteiger partial charge is 0.392 e. The Bertz CT molecular complexity index is 482. The third-order valence-electron chi connectivity index (χ3n) is 3.31. The van der Waals surface area contributed by atoms with Crippen LogP contribution in [0.15, 0.2) is 6.20 Å². The molecule has 0 aliphatic carbocycles. The van der Waals surface area contributed by atoms with Gasteiger partial charge in [0, 0.05) is 19.8 Å². The van der Waals surface area contributed by atoms with E-state index in [1.807, 2.05) is 14.0 Å². The van der Waals surface area contributed by atoms with E-state index in [1.54, 1.807) is 15.8 Å². The Labute approximate surface area is 112 Å². The Morgan fingerprint density at radius 3 is 3.00 bits per heavy atom. The summed E-state index contributed by atoms with van der Waals surface area (Å²) in [5.41, 5.74) is 7.20. The van der Waals surface area contributed by atoms with Crippen LogP contribution < -0.4 is 5.73 Å². The molecular formula is C12H18N4OS. The van der Waals surface area contributed by atoms with Crippen molar-refractivity contribution in [1.82, 2.24) is 14.7 Å². The van der Waals surface area contributed by atoms with Gasteiger partial charge in [-0.15, -0.1) is 0 Å². The fraction of sp³-hybridized carbons (Fsp3) is 0.583. The number of nitrogens with two attached hydrogens (primary N) is 1. The minimum absolute atomic E-state index is 0.00440. The molecule has 2 rings (SSSR count).